The van der Waals surface area contributed by atoms with Crippen molar-refractivity contribution in [2.24, 2.45) is 0 Å². The van der Waals surface area contributed by atoms with Crippen molar-refractivity contribution in [3.8, 4) is 6.07 Å². The topological polar surface area (TPSA) is 73.1 Å². The Hall–Kier alpha value is -2.37. The van der Waals surface area contributed by atoms with Crippen LogP contribution in [0.4, 0.5) is 11.4 Å². The van der Waals surface area contributed by atoms with E-state index in [1.807, 2.05) is 55.1 Å². The van der Waals surface area contributed by atoms with Gasteiger partial charge in [0, 0.05) is 14.1 Å². The Bertz CT molecular complexity index is 836. The van der Waals surface area contributed by atoms with Crippen LogP contribution in [0.3, 0.4) is 0 Å². The molecule has 6 nitrogen and oxygen atoms in total. The zero-order valence-electron chi connectivity index (χ0n) is 13.5. The third kappa shape index (κ3) is 2.88. The first-order chi connectivity index (χ1) is 11.5. The molecule has 0 amide bonds. The standard InChI is InChI=1S/C16H15N5OS2/c1-10-18-19-16(24-10)23-9-14(22)11(8-17)15-20(2)12-6-4-5-7-13(12)21(15)3/h4-7H,9H2,1-3H3. The average molecular weight is 357 g/mol. The molecule has 0 spiro atoms. The van der Waals surface area contributed by atoms with Crippen molar-refractivity contribution in [3.05, 3.63) is 40.7 Å². The summed E-state index contributed by atoms with van der Waals surface area (Å²) in [4.78, 5) is 16.3. The number of carbonyl (C=O) groups is 1. The lowest BCUT2D eigenvalue weighted by Crippen LogP contribution is -2.26. The van der Waals surface area contributed by atoms with E-state index in [4.69, 9.17) is 0 Å². The monoisotopic (exact) mass is 357 g/mol. The van der Waals surface area contributed by atoms with Crippen LogP contribution in [0.5, 0.6) is 0 Å². The third-order valence-corrected chi connectivity index (χ3v) is 5.66. The quantitative estimate of drug-likeness (QED) is 0.473. The SMILES string of the molecule is Cc1nnc(SCC(=O)C(C#N)=C2N(C)c3ccccc3N2C)s1. The van der Waals surface area contributed by atoms with Gasteiger partial charge in [0.2, 0.25) is 0 Å². The number of para-hydroxylation sites is 2. The van der Waals surface area contributed by atoms with Crippen LogP contribution >= 0.6 is 23.1 Å². The van der Waals surface area contributed by atoms with Crippen LogP contribution in [0, 0.1) is 18.3 Å². The minimum Gasteiger partial charge on any atom is -0.328 e. The fourth-order valence-corrected chi connectivity index (χ4v) is 4.28. The summed E-state index contributed by atoms with van der Waals surface area (Å²) in [7, 11) is 3.73. The first-order valence-corrected chi connectivity index (χ1v) is 9.00. The lowest BCUT2D eigenvalue weighted by atomic mass is 10.2. The molecule has 0 radical (unpaired) electrons. The lowest BCUT2D eigenvalue weighted by Gasteiger charge is -2.19. The van der Waals surface area contributed by atoms with Gasteiger partial charge >= 0.3 is 0 Å². The second-order valence-electron chi connectivity index (χ2n) is 5.22. The molecule has 1 aromatic carbocycles. The van der Waals surface area contributed by atoms with Gasteiger partial charge in [-0.15, -0.1) is 10.2 Å². The van der Waals surface area contributed by atoms with Gasteiger partial charge in [-0.1, -0.05) is 35.2 Å². The maximum atomic E-state index is 12.6. The summed E-state index contributed by atoms with van der Waals surface area (Å²) in [5.74, 6) is 0.564. The van der Waals surface area contributed by atoms with Gasteiger partial charge in [-0.05, 0) is 19.1 Å². The molecule has 1 aliphatic rings. The Labute approximate surface area is 148 Å². The highest BCUT2D eigenvalue weighted by Gasteiger charge is 2.31. The zero-order valence-corrected chi connectivity index (χ0v) is 15.1. The highest BCUT2D eigenvalue weighted by molar-refractivity contribution is 8.01. The Morgan fingerprint density at radius 2 is 1.88 bits per heavy atom. The van der Waals surface area contributed by atoms with E-state index in [0.29, 0.717) is 5.82 Å². The van der Waals surface area contributed by atoms with E-state index in [2.05, 4.69) is 16.3 Å². The minimum atomic E-state index is -0.211. The highest BCUT2D eigenvalue weighted by atomic mass is 32.2. The number of benzene rings is 1. The second-order valence-corrected chi connectivity index (χ2v) is 7.62. The number of thioether (sulfide) groups is 1. The summed E-state index contributed by atoms with van der Waals surface area (Å²) in [6.07, 6.45) is 0. The molecule has 122 valence electrons. The molecular formula is C16H15N5OS2. The number of Topliss-reactive ketones (excluding diaryl/α,β-unsaturated/α-hetero) is 1. The summed E-state index contributed by atoms with van der Waals surface area (Å²) in [6.45, 7) is 1.87. The average Bonchev–Trinajstić information content (AvgIpc) is 3.11. The fraction of sp³-hybridized carbons (Fsp3) is 0.250. The maximum absolute atomic E-state index is 12.6. The smallest absolute Gasteiger partial charge is 0.187 e. The van der Waals surface area contributed by atoms with Crippen LogP contribution < -0.4 is 9.80 Å². The van der Waals surface area contributed by atoms with Crippen molar-refractivity contribution in [2.75, 3.05) is 29.6 Å². The third-order valence-electron chi connectivity index (χ3n) is 3.69. The molecule has 0 bridgehead atoms. The van der Waals surface area contributed by atoms with Crippen LogP contribution in [-0.4, -0.2) is 35.8 Å². The van der Waals surface area contributed by atoms with Crippen molar-refractivity contribution in [3.63, 3.8) is 0 Å². The van der Waals surface area contributed by atoms with E-state index >= 15 is 0 Å². The van der Waals surface area contributed by atoms with E-state index in [0.717, 1.165) is 20.7 Å². The van der Waals surface area contributed by atoms with E-state index in [1.165, 1.54) is 23.1 Å². The predicted molar refractivity (Wildman–Crippen MR) is 96.3 cm³/mol. The number of anilines is 2. The summed E-state index contributed by atoms with van der Waals surface area (Å²) in [6, 6.07) is 9.90. The van der Waals surface area contributed by atoms with Crippen molar-refractivity contribution < 1.29 is 4.79 Å². The number of hydrogen-bond donors (Lipinski definition) is 0. The highest BCUT2D eigenvalue weighted by Crippen LogP contribution is 2.40. The molecular weight excluding hydrogens is 342 g/mol. The Morgan fingerprint density at radius 3 is 2.38 bits per heavy atom. The number of aryl methyl sites for hydroxylation is 1. The number of allylic oxidation sites excluding steroid dienone is 1. The van der Waals surface area contributed by atoms with Gasteiger partial charge in [-0.3, -0.25) is 4.79 Å². The van der Waals surface area contributed by atoms with Gasteiger partial charge in [-0.25, -0.2) is 0 Å². The molecule has 1 aliphatic heterocycles. The molecule has 0 atom stereocenters. The van der Waals surface area contributed by atoms with Crippen molar-refractivity contribution in [2.45, 2.75) is 11.3 Å². The lowest BCUT2D eigenvalue weighted by molar-refractivity contribution is -0.112. The Morgan fingerprint density at radius 1 is 1.25 bits per heavy atom. The van der Waals surface area contributed by atoms with Crippen molar-refractivity contribution in [1.82, 2.24) is 10.2 Å². The van der Waals surface area contributed by atoms with Gasteiger partial charge in [0.25, 0.3) is 0 Å². The molecule has 24 heavy (non-hydrogen) atoms. The summed E-state index contributed by atoms with van der Waals surface area (Å²) < 4.78 is 0.736. The first kappa shape index (κ1) is 16.5. The molecule has 2 aromatic rings. The predicted octanol–water partition coefficient (Wildman–Crippen LogP) is 2.83. The van der Waals surface area contributed by atoms with Gasteiger partial charge in [-0.2, -0.15) is 5.26 Å². The molecule has 8 heteroatoms. The molecule has 0 fully saturated rings. The molecule has 0 saturated heterocycles. The molecule has 0 aliphatic carbocycles. The molecule has 3 rings (SSSR count). The number of nitrogens with zero attached hydrogens (tertiary/aromatic N) is 5. The van der Waals surface area contributed by atoms with Crippen LogP contribution in [0.2, 0.25) is 0 Å². The number of ketones is 1. The maximum Gasteiger partial charge on any atom is 0.187 e. The summed E-state index contributed by atoms with van der Waals surface area (Å²) in [5.41, 5.74) is 2.11. The number of hydrogen-bond acceptors (Lipinski definition) is 8. The van der Waals surface area contributed by atoms with E-state index in [-0.39, 0.29) is 17.1 Å². The Kier molecular flexibility index (Phi) is 4.55. The zero-order chi connectivity index (χ0) is 17.3. The van der Waals surface area contributed by atoms with E-state index < -0.39 is 0 Å². The van der Waals surface area contributed by atoms with Gasteiger partial charge in [0.1, 0.15) is 22.5 Å². The fourth-order valence-electron chi connectivity index (χ4n) is 2.59. The largest absolute Gasteiger partial charge is 0.328 e. The molecule has 0 saturated carbocycles. The number of rotatable bonds is 4. The van der Waals surface area contributed by atoms with Gasteiger partial charge in [0.05, 0.1) is 17.1 Å². The van der Waals surface area contributed by atoms with Crippen molar-refractivity contribution in [1.29, 1.82) is 5.26 Å². The summed E-state index contributed by atoms with van der Waals surface area (Å²) >= 11 is 2.75. The second kappa shape index (κ2) is 6.63. The van der Waals surface area contributed by atoms with Crippen molar-refractivity contribution >= 4 is 40.3 Å². The van der Waals surface area contributed by atoms with Crippen LogP contribution in [0.15, 0.2) is 40.0 Å². The summed E-state index contributed by atoms with van der Waals surface area (Å²) in [5, 5.41) is 18.3. The minimum absolute atomic E-state index is 0.157. The van der Waals surface area contributed by atoms with Crippen LogP contribution in [0.25, 0.3) is 0 Å². The van der Waals surface area contributed by atoms with E-state index in [9.17, 15) is 10.1 Å². The van der Waals surface area contributed by atoms with Crippen LogP contribution in [-0.2, 0) is 4.79 Å². The number of nitriles is 1. The van der Waals surface area contributed by atoms with Crippen LogP contribution in [0.1, 0.15) is 5.01 Å². The van der Waals surface area contributed by atoms with Gasteiger partial charge in [0.15, 0.2) is 10.1 Å². The number of aromatic nitrogens is 2. The molecule has 0 unspecified atom stereocenters. The Balaban J connectivity index is 1.86. The first-order valence-electron chi connectivity index (χ1n) is 7.20. The number of carbonyl (C=O) groups excluding carboxylic acids is 1. The molecule has 2 heterocycles. The normalized spacial score (nSPS) is 13.0. The molecule has 1 aromatic heterocycles. The van der Waals surface area contributed by atoms with E-state index in [1.54, 1.807) is 0 Å². The molecule has 0 N–H and O–H groups in total. The van der Waals surface area contributed by atoms with Gasteiger partial charge < -0.3 is 9.80 Å². The number of fused-ring (bicyclic) bond motifs is 1.